The lowest BCUT2D eigenvalue weighted by Gasteiger charge is -2.18. The van der Waals surface area contributed by atoms with Crippen molar-refractivity contribution in [3.63, 3.8) is 0 Å². The highest BCUT2D eigenvalue weighted by Crippen LogP contribution is 2.17. The van der Waals surface area contributed by atoms with Crippen molar-refractivity contribution < 1.29 is 28.6 Å². The fourth-order valence-electron chi connectivity index (χ4n) is 8.67. The summed E-state index contributed by atoms with van der Waals surface area (Å²) in [4.78, 5) is 37.9. The molecule has 0 aliphatic heterocycles. The molecule has 0 radical (unpaired) electrons. The Balaban J connectivity index is 3.98. The number of hydrogen-bond donors (Lipinski definition) is 0. The number of esters is 3. The summed E-state index contributed by atoms with van der Waals surface area (Å²) in [5.74, 6) is -0.856. The summed E-state index contributed by atoms with van der Waals surface area (Å²) in [6, 6.07) is 0. The Hall–Kier alpha value is -2.63. The predicted molar refractivity (Wildman–Crippen MR) is 293 cm³/mol. The molecule has 396 valence electrons. The highest BCUT2D eigenvalue weighted by molar-refractivity contribution is 5.71. The van der Waals surface area contributed by atoms with Gasteiger partial charge in [-0.05, 0) is 57.8 Å². The molecule has 0 rings (SSSR count). The van der Waals surface area contributed by atoms with Crippen molar-refractivity contribution in [1.82, 2.24) is 0 Å². The van der Waals surface area contributed by atoms with E-state index < -0.39 is 6.10 Å². The lowest BCUT2D eigenvalue weighted by Crippen LogP contribution is -2.30. The first-order valence-corrected chi connectivity index (χ1v) is 29.6. The van der Waals surface area contributed by atoms with Crippen LogP contribution in [-0.2, 0) is 28.6 Å². The predicted octanol–water partition coefficient (Wildman–Crippen LogP) is 19.8. The first-order valence-electron chi connectivity index (χ1n) is 29.6. The average molecular weight is 954 g/mol. The van der Waals surface area contributed by atoms with E-state index in [0.717, 1.165) is 83.5 Å². The van der Waals surface area contributed by atoms with Gasteiger partial charge in [0.1, 0.15) is 13.2 Å². The Morgan fingerprint density at radius 1 is 0.309 bits per heavy atom. The van der Waals surface area contributed by atoms with Crippen LogP contribution in [-0.4, -0.2) is 37.2 Å². The van der Waals surface area contributed by atoms with Crippen LogP contribution < -0.4 is 0 Å². The van der Waals surface area contributed by atoms with Crippen LogP contribution in [0.25, 0.3) is 0 Å². The minimum absolute atomic E-state index is 0.0669. The molecule has 1 unspecified atom stereocenters. The van der Waals surface area contributed by atoms with Gasteiger partial charge in [0, 0.05) is 19.3 Å². The number of unbranched alkanes of at least 4 members (excludes halogenated alkanes) is 35. The van der Waals surface area contributed by atoms with E-state index in [-0.39, 0.29) is 31.1 Å². The number of hydrogen-bond acceptors (Lipinski definition) is 6. The van der Waals surface area contributed by atoms with Crippen molar-refractivity contribution in [3.05, 3.63) is 48.6 Å². The van der Waals surface area contributed by atoms with Gasteiger partial charge >= 0.3 is 17.9 Å². The minimum Gasteiger partial charge on any atom is -0.462 e. The van der Waals surface area contributed by atoms with Gasteiger partial charge in [0.15, 0.2) is 6.10 Å². The monoisotopic (exact) mass is 953 g/mol. The normalized spacial score (nSPS) is 12.3. The summed E-state index contributed by atoms with van der Waals surface area (Å²) in [7, 11) is 0. The van der Waals surface area contributed by atoms with E-state index in [1.54, 1.807) is 0 Å². The highest BCUT2D eigenvalue weighted by Gasteiger charge is 2.19. The molecule has 1 atom stereocenters. The number of ether oxygens (including phenoxy) is 3. The molecule has 0 saturated heterocycles. The second-order valence-electron chi connectivity index (χ2n) is 19.9. The zero-order chi connectivity index (χ0) is 49.3. The van der Waals surface area contributed by atoms with Gasteiger partial charge in [-0.2, -0.15) is 0 Å². The molecule has 0 aromatic heterocycles. The summed E-state index contributed by atoms with van der Waals surface area (Å²) in [6.45, 7) is 6.52. The van der Waals surface area contributed by atoms with Crippen molar-refractivity contribution in [2.45, 2.75) is 316 Å². The third-order valence-electron chi connectivity index (χ3n) is 13.1. The average Bonchev–Trinajstić information content (AvgIpc) is 3.34. The van der Waals surface area contributed by atoms with Gasteiger partial charge in [0.25, 0.3) is 0 Å². The van der Waals surface area contributed by atoms with Crippen LogP contribution in [0.5, 0.6) is 0 Å². The van der Waals surface area contributed by atoms with Gasteiger partial charge in [-0.1, -0.05) is 281 Å². The summed E-state index contributed by atoms with van der Waals surface area (Å²) < 4.78 is 16.8. The van der Waals surface area contributed by atoms with Gasteiger partial charge in [-0.15, -0.1) is 0 Å². The van der Waals surface area contributed by atoms with Crippen molar-refractivity contribution in [1.29, 1.82) is 0 Å². The fraction of sp³-hybridized carbons (Fsp3) is 0.823. The zero-order valence-electron chi connectivity index (χ0n) is 45.4. The lowest BCUT2D eigenvalue weighted by atomic mass is 10.0. The quantitative estimate of drug-likeness (QED) is 0.0262. The minimum atomic E-state index is -0.764. The molecule has 0 bridgehead atoms. The Bertz CT molecular complexity index is 1190. The molecule has 6 heteroatoms. The second-order valence-corrected chi connectivity index (χ2v) is 19.9. The molecular weight excluding hydrogens is 841 g/mol. The molecule has 0 heterocycles. The number of allylic oxidation sites excluding steroid dienone is 8. The van der Waals surface area contributed by atoms with Crippen molar-refractivity contribution in [2.75, 3.05) is 13.2 Å². The molecule has 6 nitrogen and oxygen atoms in total. The standard InChI is InChI=1S/C62H112O6/c1-4-7-10-13-16-19-21-22-23-24-25-26-27-28-29-30-31-32-33-34-35-36-37-38-39-40-41-44-46-49-52-55-61(64)67-58-59(57-66-60(63)54-51-48-45-42-18-15-12-9-6-3)68-62(65)56-53-50-47-43-20-17-14-11-8-5-2/h7,10,16,19,22-23,25-26,59H,4-6,8-9,11-15,17-18,20-21,24,27-58H2,1-3H3/b10-7-,19-16-,23-22-,26-25-. The van der Waals surface area contributed by atoms with Gasteiger partial charge in [-0.3, -0.25) is 14.4 Å². The zero-order valence-corrected chi connectivity index (χ0v) is 45.4. The molecule has 0 saturated carbocycles. The molecule has 0 aromatic rings. The van der Waals surface area contributed by atoms with Crippen LogP contribution in [0.3, 0.4) is 0 Å². The molecular formula is C62H112O6. The van der Waals surface area contributed by atoms with Crippen LogP contribution in [0.15, 0.2) is 48.6 Å². The van der Waals surface area contributed by atoms with Crippen molar-refractivity contribution in [3.8, 4) is 0 Å². The summed E-state index contributed by atoms with van der Waals surface area (Å²) in [5.41, 5.74) is 0. The molecule has 0 amide bonds. The number of carbonyl (C=O) groups excluding carboxylic acids is 3. The lowest BCUT2D eigenvalue weighted by molar-refractivity contribution is -0.167. The molecule has 68 heavy (non-hydrogen) atoms. The maximum atomic E-state index is 12.7. The molecule has 0 spiro atoms. The molecule has 0 aliphatic rings. The van der Waals surface area contributed by atoms with Crippen LogP contribution in [0.1, 0.15) is 310 Å². The van der Waals surface area contributed by atoms with Gasteiger partial charge < -0.3 is 14.2 Å². The fourth-order valence-corrected chi connectivity index (χ4v) is 8.67. The van der Waals surface area contributed by atoms with E-state index in [9.17, 15) is 14.4 Å². The Labute approximate surface area is 422 Å². The van der Waals surface area contributed by atoms with Crippen LogP contribution in [0.2, 0.25) is 0 Å². The summed E-state index contributed by atoms with van der Waals surface area (Å²) >= 11 is 0. The highest BCUT2D eigenvalue weighted by atomic mass is 16.6. The van der Waals surface area contributed by atoms with Crippen LogP contribution >= 0.6 is 0 Å². The van der Waals surface area contributed by atoms with Gasteiger partial charge in [0.2, 0.25) is 0 Å². The molecule has 0 aromatic carbocycles. The summed E-state index contributed by atoms with van der Waals surface area (Å²) in [5, 5.41) is 0. The van der Waals surface area contributed by atoms with E-state index in [4.69, 9.17) is 14.2 Å². The van der Waals surface area contributed by atoms with Crippen LogP contribution in [0.4, 0.5) is 0 Å². The van der Waals surface area contributed by atoms with E-state index in [2.05, 4.69) is 69.4 Å². The molecule has 0 N–H and O–H groups in total. The van der Waals surface area contributed by atoms with E-state index >= 15 is 0 Å². The maximum Gasteiger partial charge on any atom is 0.306 e. The molecule has 0 aliphatic carbocycles. The smallest absolute Gasteiger partial charge is 0.306 e. The number of rotatable bonds is 54. The maximum absolute atomic E-state index is 12.7. The first kappa shape index (κ1) is 65.4. The second kappa shape index (κ2) is 57.0. The Morgan fingerprint density at radius 3 is 0.897 bits per heavy atom. The number of carbonyl (C=O) groups is 3. The first-order chi connectivity index (χ1) is 33.5. The van der Waals surface area contributed by atoms with Crippen molar-refractivity contribution in [2.24, 2.45) is 0 Å². The van der Waals surface area contributed by atoms with Gasteiger partial charge in [-0.25, -0.2) is 0 Å². The van der Waals surface area contributed by atoms with E-state index in [0.29, 0.717) is 19.3 Å². The van der Waals surface area contributed by atoms with E-state index in [1.807, 2.05) is 0 Å². The van der Waals surface area contributed by atoms with Crippen LogP contribution in [0, 0.1) is 0 Å². The summed E-state index contributed by atoms with van der Waals surface area (Å²) in [6.07, 6.45) is 70.0. The Kier molecular flexibility index (Phi) is 54.8. The largest absolute Gasteiger partial charge is 0.462 e. The van der Waals surface area contributed by atoms with Crippen molar-refractivity contribution >= 4 is 17.9 Å². The van der Waals surface area contributed by atoms with Gasteiger partial charge in [0.05, 0.1) is 0 Å². The molecule has 0 fully saturated rings. The topological polar surface area (TPSA) is 78.9 Å². The van der Waals surface area contributed by atoms with E-state index in [1.165, 1.54) is 186 Å². The third kappa shape index (κ3) is 54.3. The Morgan fingerprint density at radius 2 is 0.574 bits per heavy atom. The third-order valence-corrected chi connectivity index (χ3v) is 13.1. The SMILES string of the molecule is CC/C=C\C/C=C\C/C=C\C/C=C\CCCCCCCCCCCCCCCCCCCCC(=O)OCC(COC(=O)CCCCCCCCCCC)OC(=O)CCCCCCCCCCCC.